The monoisotopic (exact) mass is 352 g/mol. The van der Waals surface area contributed by atoms with Gasteiger partial charge in [-0.3, -0.25) is 9.69 Å². The molecule has 2 aromatic carbocycles. The van der Waals surface area contributed by atoms with Gasteiger partial charge >= 0.3 is 0 Å². The number of carbonyl (C=O) groups is 1. The largest absolute Gasteiger partial charge is 0.354 e. The van der Waals surface area contributed by atoms with E-state index < -0.39 is 0 Å². The van der Waals surface area contributed by atoms with Crippen molar-refractivity contribution in [1.29, 1.82) is 0 Å². The van der Waals surface area contributed by atoms with Crippen molar-refractivity contribution in [3.8, 4) is 0 Å². The standard InChI is InChI=1S/C22H25FN2O/c1-17(22(26)24-14-11-18-7-9-21(23)10-8-18)25-15-12-20(13-16-25)19-5-3-2-4-6-19/h2-10,12,17H,11,13-16H2,1H3,(H,24,26). The second kappa shape index (κ2) is 8.77. The average Bonchev–Trinajstić information content (AvgIpc) is 2.69. The molecule has 26 heavy (non-hydrogen) atoms. The van der Waals surface area contributed by atoms with Gasteiger partial charge in [0, 0.05) is 19.6 Å². The van der Waals surface area contributed by atoms with E-state index in [4.69, 9.17) is 0 Å². The summed E-state index contributed by atoms with van der Waals surface area (Å²) in [5.41, 5.74) is 3.64. The Morgan fingerprint density at radius 3 is 2.54 bits per heavy atom. The molecule has 0 saturated heterocycles. The van der Waals surface area contributed by atoms with Crippen molar-refractivity contribution >= 4 is 11.5 Å². The number of nitrogens with zero attached hydrogens (tertiary/aromatic N) is 1. The zero-order chi connectivity index (χ0) is 18.4. The summed E-state index contributed by atoms with van der Waals surface area (Å²) in [6.07, 6.45) is 3.88. The van der Waals surface area contributed by atoms with Crippen LogP contribution in [0.15, 0.2) is 60.7 Å². The van der Waals surface area contributed by atoms with E-state index in [1.807, 2.05) is 13.0 Å². The van der Waals surface area contributed by atoms with Gasteiger partial charge in [-0.05, 0) is 48.6 Å². The lowest BCUT2D eigenvalue weighted by Gasteiger charge is -2.31. The van der Waals surface area contributed by atoms with Gasteiger partial charge in [0.1, 0.15) is 5.82 Å². The van der Waals surface area contributed by atoms with E-state index in [2.05, 4.69) is 40.6 Å². The Balaban J connectivity index is 1.47. The van der Waals surface area contributed by atoms with Gasteiger partial charge in [0.2, 0.25) is 5.91 Å². The van der Waals surface area contributed by atoms with Crippen molar-refractivity contribution in [2.45, 2.75) is 25.8 Å². The second-order valence-electron chi connectivity index (χ2n) is 6.68. The summed E-state index contributed by atoms with van der Waals surface area (Å²) in [4.78, 5) is 14.6. The molecule has 1 atom stereocenters. The van der Waals surface area contributed by atoms with Gasteiger partial charge in [0.05, 0.1) is 6.04 Å². The van der Waals surface area contributed by atoms with Gasteiger partial charge < -0.3 is 5.32 Å². The van der Waals surface area contributed by atoms with Crippen LogP contribution in [0.4, 0.5) is 4.39 Å². The minimum Gasteiger partial charge on any atom is -0.354 e. The minimum atomic E-state index is -0.237. The molecule has 1 N–H and O–H groups in total. The number of carbonyl (C=O) groups excluding carboxylic acids is 1. The van der Waals surface area contributed by atoms with E-state index in [-0.39, 0.29) is 17.8 Å². The molecule has 3 nitrogen and oxygen atoms in total. The molecule has 136 valence electrons. The molecule has 0 aromatic heterocycles. The van der Waals surface area contributed by atoms with Crippen LogP contribution in [0.5, 0.6) is 0 Å². The van der Waals surface area contributed by atoms with Crippen molar-refractivity contribution in [1.82, 2.24) is 10.2 Å². The van der Waals surface area contributed by atoms with Crippen molar-refractivity contribution in [2.24, 2.45) is 0 Å². The van der Waals surface area contributed by atoms with Crippen LogP contribution >= 0.6 is 0 Å². The Morgan fingerprint density at radius 1 is 1.15 bits per heavy atom. The van der Waals surface area contributed by atoms with E-state index in [1.54, 1.807) is 12.1 Å². The van der Waals surface area contributed by atoms with Gasteiger partial charge in [-0.2, -0.15) is 0 Å². The van der Waals surface area contributed by atoms with Crippen LogP contribution in [0.2, 0.25) is 0 Å². The maximum Gasteiger partial charge on any atom is 0.237 e. The first-order valence-electron chi connectivity index (χ1n) is 9.14. The molecule has 1 aliphatic rings. The molecule has 4 heteroatoms. The predicted molar refractivity (Wildman–Crippen MR) is 103 cm³/mol. The molecule has 1 aliphatic heterocycles. The van der Waals surface area contributed by atoms with Gasteiger partial charge in [-0.15, -0.1) is 0 Å². The van der Waals surface area contributed by atoms with E-state index in [9.17, 15) is 9.18 Å². The lowest BCUT2D eigenvalue weighted by molar-refractivity contribution is -0.125. The normalized spacial score (nSPS) is 16.0. The zero-order valence-corrected chi connectivity index (χ0v) is 15.1. The maximum absolute atomic E-state index is 12.9. The highest BCUT2D eigenvalue weighted by atomic mass is 19.1. The van der Waals surface area contributed by atoms with E-state index in [1.165, 1.54) is 23.3 Å². The molecule has 0 spiro atoms. The van der Waals surface area contributed by atoms with Crippen molar-refractivity contribution < 1.29 is 9.18 Å². The first kappa shape index (κ1) is 18.3. The molecule has 0 bridgehead atoms. The molecule has 1 unspecified atom stereocenters. The summed E-state index contributed by atoms with van der Waals surface area (Å²) in [6, 6.07) is 16.7. The van der Waals surface area contributed by atoms with Crippen LogP contribution in [0.1, 0.15) is 24.5 Å². The van der Waals surface area contributed by atoms with E-state index >= 15 is 0 Å². The molecule has 1 amide bonds. The van der Waals surface area contributed by atoms with Gasteiger partial charge in [0.15, 0.2) is 0 Å². The lowest BCUT2D eigenvalue weighted by atomic mass is 9.99. The first-order valence-corrected chi connectivity index (χ1v) is 9.14. The fraction of sp³-hybridized carbons (Fsp3) is 0.318. The molecular formula is C22H25FN2O. The third kappa shape index (κ3) is 4.79. The lowest BCUT2D eigenvalue weighted by Crippen LogP contribution is -2.47. The van der Waals surface area contributed by atoms with Gasteiger partial charge in [-0.1, -0.05) is 48.5 Å². The number of rotatable bonds is 6. The number of hydrogen-bond donors (Lipinski definition) is 1. The number of halogens is 1. The quantitative estimate of drug-likeness (QED) is 0.860. The number of benzene rings is 2. The van der Waals surface area contributed by atoms with E-state index in [0.29, 0.717) is 13.0 Å². The summed E-state index contributed by atoms with van der Waals surface area (Å²) in [5, 5.41) is 2.99. The summed E-state index contributed by atoms with van der Waals surface area (Å²) < 4.78 is 12.9. The van der Waals surface area contributed by atoms with Crippen LogP contribution in [-0.2, 0) is 11.2 Å². The number of amides is 1. The Morgan fingerprint density at radius 2 is 1.88 bits per heavy atom. The van der Waals surface area contributed by atoms with Crippen LogP contribution in [0.25, 0.3) is 5.57 Å². The molecule has 1 heterocycles. The summed E-state index contributed by atoms with van der Waals surface area (Å²) in [5.74, 6) is -0.192. The van der Waals surface area contributed by atoms with Crippen LogP contribution in [-0.4, -0.2) is 36.5 Å². The highest BCUT2D eigenvalue weighted by molar-refractivity contribution is 5.81. The molecule has 0 aliphatic carbocycles. The molecular weight excluding hydrogens is 327 g/mol. The minimum absolute atomic E-state index is 0.0451. The average molecular weight is 352 g/mol. The van der Waals surface area contributed by atoms with E-state index in [0.717, 1.165) is 25.1 Å². The second-order valence-corrected chi connectivity index (χ2v) is 6.68. The SMILES string of the molecule is CC(C(=O)NCCc1ccc(F)cc1)N1CC=C(c2ccccc2)CC1. The third-order valence-corrected chi connectivity index (χ3v) is 4.94. The number of hydrogen-bond acceptors (Lipinski definition) is 2. The fourth-order valence-corrected chi connectivity index (χ4v) is 3.25. The number of nitrogens with one attached hydrogen (secondary N) is 1. The van der Waals surface area contributed by atoms with Crippen molar-refractivity contribution in [2.75, 3.05) is 19.6 Å². The summed E-state index contributed by atoms with van der Waals surface area (Å²) >= 11 is 0. The molecule has 3 rings (SSSR count). The summed E-state index contributed by atoms with van der Waals surface area (Å²) in [6.45, 7) is 4.19. The third-order valence-electron chi connectivity index (χ3n) is 4.94. The zero-order valence-electron chi connectivity index (χ0n) is 15.1. The van der Waals surface area contributed by atoms with Crippen molar-refractivity contribution in [3.63, 3.8) is 0 Å². The topological polar surface area (TPSA) is 32.3 Å². The summed E-state index contributed by atoms with van der Waals surface area (Å²) in [7, 11) is 0. The van der Waals surface area contributed by atoms with Gasteiger partial charge in [-0.25, -0.2) is 4.39 Å². The maximum atomic E-state index is 12.9. The molecule has 0 radical (unpaired) electrons. The van der Waals surface area contributed by atoms with Gasteiger partial charge in [0.25, 0.3) is 0 Å². The van der Waals surface area contributed by atoms with Crippen LogP contribution < -0.4 is 5.32 Å². The Bertz CT molecular complexity index is 755. The Hall–Kier alpha value is -2.46. The molecule has 0 saturated carbocycles. The molecule has 0 fully saturated rings. The Kier molecular flexibility index (Phi) is 6.18. The van der Waals surface area contributed by atoms with Crippen LogP contribution in [0, 0.1) is 5.82 Å². The highest BCUT2D eigenvalue weighted by Gasteiger charge is 2.23. The smallest absolute Gasteiger partial charge is 0.237 e. The van der Waals surface area contributed by atoms with Crippen molar-refractivity contribution in [3.05, 3.63) is 77.6 Å². The fourth-order valence-electron chi connectivity index (χ4n) is 3.25. The van der Waals surface area contributed by atoms with Crippen LogP contribution in [0.3, 0.4) is 0 Å². The Labute approximate surface area is 154 Å². The predicted octanol–water partition coefficient (Wildman–Crippen LogP) is 3.66. The highest BCUT2D eigenvalue weighted by Crippen LogP contribution is 2.22. The first-order chi connectivity index (χ1) is 12.6. The molecule has 2 aromatic rings.